The molecule has 1 amide bonds. The van der Waals surface area contributed by atoms with Gasteiger partial charge in [-0.15, -0.1) is 23.1 Å². The van der Waals surface area contributed by atoms with Crippen molar-refractivity contribution in [3.8, 4) is 5.75 Å². The number of ether oxygens (including phenoxy) is 1. The Labute approximate surface area is 169 Å². The Morgan fingerprint density at radius 1 is 1.41 bits per heavy atom. The molecule has 2 rings (SSSR count). The van der Waals surface area contributed by atoms with E-state index in [2.05, 4.69) is 35.5 Å². The molecule has 5 nitrogen and oxygen atoms in total. The van der Waals surface area contributed by atoms with Crippen LogP contribution in [0.15, 0.2) is 46.7 Å². The van der Waals surface area contributed by atoms with E-state index in [0.717, 1.165) is 43.1 Å². The van der Waals surface area contributed by atoms with E-state index in [-0.39, 0.29) is 5.91 Å². The first-order chi connectivity index (χ1) is 13.2. The van der Waals surface area contributed by atoms with E-state index in [0.29, 0.717) is 12.4 Å². The predicted octanol–water partition coefficient (Wildman–Crippen LogP) is 4.52. The summed E-state index contributed by atoms with van der Waals surface area (Å²) >= 11 is 3.30. The third-order valence-electron chi connectivity index (χ3n) is 3.90. The maximum absolute atomic E-state index is 11.7. The lowest BCUT2D eigenvalue weighted by atomic mass is 10.4. The molecule has 0 saturated carbocycles. The first-order valence-electron chi connectivity index (χ1n) is 9.17. The molecule has 7 heteroatoms. The fourth-order valence-electron chi connectivity index (χ4n) is 2.34. The van der Waals surface area contributed by atoms with E-state index in [1.165, 1.54) is 4.88 Å². The number of nitrogens with zero attached hydrogens (tertiary/aromatic N) is 1. The van der Waals surface area contributed by atoms with Crippen LogP contribution in [0.3, 0.4) is 0 Å². The van der Waals surface area contributed by atoms with Gasteiger partial charge in [-0.3, -0.25) is 9.69 Å². The van der Waals surface area contributed by atoms with Crippen molar-refractivity contribution in [3.63, 3.8) is 0 Å². The molecule has 2 aromatic heterocycles. The Hall–Kier alpha value is -1.70. The summed E-state index contributed by atoms with van der Waals surface area (Å²) in [7, 11) is 0. The van der Waals surface area contributed by atoms with Gasteiger partial charge in [-0.25, -0.2) is 0 Å². The molecule has 0 fully saturated rings. The molecule has 0 aliphatic carbocycles. The van der Waals surface area contributed by atoms with Crippen molar-refractivity contribution in [2.75, 3.05) is 25.4 Å². The molecule has 0 aliphatic heterocycles. The summed E-state index contributed by atoms with van der Waals surface area (Å²) in [5, 5.41) is 4.83. The molecule has 2 heterocycles. The number of carbonyl (C=O) groups excluding carboxylic acids is 1. The standard InChI is InChI=1S/C20H28N2O3S2/c1-3-22(4-2)12-19-11-18(15-27-19)25-9-6-5-8-21-20(23)16-26-14-17-7-10-24-13-17/h5,7-8,10-11,13,15H,3-4,6,9,12,14,16H2,1-2H3,(H,21,23)/b8-5-. The molecule has 0 radical (unpaired) electrons. The second-order valence-electron chi connectivity index (χ2n) is 5.94. The fraction of sp³-hybridized carbons (Fsp3) is 0.450. The Morgan fingerprint density at radius 3 is 3.00 bits per heavy atom. The van der Waals surface area contributed by atoms with Crippen LogP contribution in [-0.4, -0.2) is 36.3 Å². The fourth-order valence-corrected chi connectivity index (χ4v) is 3.96. The van der Waals surface area contributed by atoms with E-state index in [9.17, 15) is 4.79 Å². The number of amides is 1. The van der Waals surface area contributed by atoms with Crippen LogP contribution in [0.2, 0.25) is 0 Å². The third-order valence-corrected chi connectivity index (χ3v) is 5.80. The molecule has 27 heavy (non-hydrogen) atoms. The molecular formula is C20H28N2O3S2. The number of carbonyl (C=O) groups is 1. The second kappa shape index (κ2) is 12.6. The maximum Gasteiger partial charge on any atom is 0.233 e. The zero-order valence-electron chi connectivity index (χ0n) is 16.0. The molecule has 2 aromatic rings. The van der Waals surface area contributed by atoms with Gasteiger partial charge >= 0.3 is 0 Å². The van der Waals surface area contributed by atoms with E-state index in [1.807, 2.05) is 12.1 Å². The summed E-state index contributed by atoms with van der Waals surface area (Å²) in [5.41, 5.74) is 1.09. The summed E-state index contributed by atoms with van der Waals surface area (Å²) in [6.07, 6.45) is 7.71. The minimum absolute atomic E-state index is 0.000424. The van der Waals surface area contributed by atoms with Gasteiger partial charge in [0.25, 0.3) is 0 Å². The molecule has 0 aliphatic rings. The van der Waals surface area contributed by atoms with Gasteiger partial charge in [-0.2, -0.15) is 0 Å². The summed E-state index contributed by atoms with van der Waals surface area (Å²) in [6, 6.07) is 4.02. The van der Waals surface area contributed by atoms with Crippen molar-refractivity contribution in [3.05, 3.63) is 52.8 Å². The van der Waals surface area contributed by atoms with Gasteiger partial charge in [0.1, 0.15) is 5.75 Å². The third kappa shape index (κ3) is 8.69. The normalized spacial score (nSPS) is 11.4. The second-order valence-corrected chi connectivity index (χ2v) is 7.92. The van der Waals surface area contributed by atoms with Crippen LogP contribution >= 0.6 is 23.1 Å². The van der Waals surface area contributed by atoms with Crippen LogP contribution in [0.4, 0.5) is 0 Å². The predicted molar refractivity (Wildman–Crippen MR) is 113 cm³/mol. The highest BCUT2D eigenvalue weighted by Gasteiger charge is 2.05. The van der Waals surface area contributed by atoms with Gasteiger partial charge in [-0.05, 0) is 31.4 Å². The van der Waals surface area contributed by atoms with E-state index >= 15 is 0 Å². The molecule has 0 spiro atoms. The Morgan fingerprint density at radius 2 is 2.26 bits per heavy atom. The molecule has 148 valence electrons. The molecule has 1 N–H and O–H groups in total. The van der Waals surface area contributed by atoms with Crippen molar-refractivity contribution < 1.29 is 13.9 Å². The van der Waals surface area contributed by atoms with Gasteiger partial charge in [-0.1, -0.05) is 19.9 Å². The highest BCUT2D eigenvalue weighted by atomic mass is 32.2. The zero-order valence-corrected chi connectivity index (χ0v) is 17.6. The maximum atomic E-state index is 11.7. The number of furan rings is 1. The topological polar surface area (TPSA) is 54.7 Å². The molecule has 0 aromatic carbocycles. The number of rotatable bonds is 13. The zero-order chi connectivity index (χ0) is 19.3. The van der Waals surface area contributed by atoms with Crippen LogP contribution in [-0.2, 0) is 17.1 Å². The van der Waals surface area contributed by atoms with E-state index < -0.39 is 0 Å². The highest BCUT2D eigenvalue weighted by molar-refractivity contribution is 7.99. The van der Waals surface area contributed by atoms with Crippen LogP contribution in [0.25, 0.3) is 0 Å². The number of hydrogen-bond acceptors (Lipinski definition) is 6. The Balaban J connectivity index is 1.54. The van der Waals surface area contributed by atoms with Gasteiger partial charge in [0.2, 0.25) is 5.91 Å². The van der Waals surface area contributed by atoms with Gasteiger partial charge in [0.05, 0.1) is 24.9 Å². The molecule has 0 bridgehead atoms. The summed E-state index contributed by atoms with van der Waals surface area (Å²) < 4.78 is 10.8. The van der Waals surface area contributed by atoms with Gasteiger partial charge in [0.15, 0.2) is 0 Å². The van der Waals surface area contributed by atoms with Crippen LogP contribution < -0.4 is 10.1 Å². The lowest BCUT2D eigenvalue weighted by Gasteiger charge is -2.16. The quantitative estimate of drug-likeness (QED) is 0.494. The van der Waals surface area contributed by atoms with Gasteiger partial charge < -0.3 is 14.5 Å². The van der Waals surface area contributed by atoms with Crippen molar-refractivity contribution >= 4 is 29.0 Å². The van der Waals surface area contributed by atoms with Crippen LogP contribution in [0, 0.1) is 0 Å². The number of hydrogen-bond donors (Lipinski definition) is 1. The number of thioether (sulfide) groups is 1. The number of nitrogens with one attached hydrogen (secondary N) is 1. The molecule has 0 atom stereocenters. The van der Waals surface area contributed by atoms with Crippen LogP contribution in [0.5, 0.6) is 5.75 Å². The monoisotopic (exact) mass is 408 g/mol. The van der Waals surface area contributed by atoms with Crippen molar-refractivity contribution in [1.82, 2.24) is 10.2 Å². The lowest BCUT2D eigenvalue weighted by molar-refractivity contribution is -0.117. The smallest absolute Gasteiger partial charge is 0.233 e. The van der Waals surface area contributed by atoms with E-state index in [1.54, 1.807) is 41.8 Å². The first-order valence-corrected chi connectivity index (χ1v) is 11.2. The molecule has 0 saturated heterocycles. The van der Waals surface area contributed by atoms with Crippen molar-refractivity contribution in [2.45, 2.75) is 32.6 Å². The lowest BCUT2D eigenvalue weighted by Crippen LogP contribution is -2.21. The molecule has 0 unspecified atom stereocenters. The minimum atomic E-state index is -0.000424. The van der Waals surface area contributed by atoms with Gasteiger partial charge in [0, 0.05) is 34.5 Å². The molecular weight excluding hydrogens is 380 g/mol. The number of thiophene rings is 1. The largest absolute Gasteiger partial charge is 0.492 e. The van der Waals surface area contributed by atoms with E-state index in [4.69, 9.17) is 9.15 Å². The summed E-state index contributed by atoms with van der Waals surface area (Å²) in [5.74, 6) is 2.13. The van der Waals surface area contributed by atoms with Crippen LogP contribution in [0.1, 0.15) is 30.7 Å². The average molecular weight is 409 g/mol. The first kappa shape index (κ1) is 21.6. The Kier molecular flexibility index (Phi) is 10.1. The summed E-state index contributed by atoms with van der Waals surface area (Å²) in [4.78, 5) is 15.4. The Bertz CT molecular complexity index is 679. The highest BCUT2D eigenvalue weighted by Crippen LogP contribution is 2.23. The summed E-state index contributed by atoms with van der Waals surface area (Å²) in [6.45, 7) is 8.05. The average Bonchev–Trinajstić information content (AvgIpc) is 3.34. The SMILES string of the molecule is CCN(CC)Cc1cc(OCC/C=C\NC(=O)CSCc2ccoc2)cs1. The van der Waals surface area contributed by atoms with Crippen molar-refractivity contribution in [1.29, 1.82) is 0 Å². The van der Waals surface area contributed by atoms with Crippen molar-refractivity contribution in [2.24, 2.45) is 0 Å². The minimum Gasteiger partial charge on any atom is -0.492 e.